The maximum absolute atomic E-state index is 12.9. The third-order valence-corrected chi connectivity index (χ3v) is 2.60. The fourth-order valence-corrected chi connectivity index (χ4v) is 1.81. The lowest BCUT2D eigenvalue weighted by molar-refractivity contribution is -0.139. The van der Waals surface area contributed by atoms with Crippen LogP contribution in [0.4, 0.5) is 14.9 Å². The van der Waals surface area contributed by atoms with Crippen LogP contribution >= 0.6 is 0 Å². The molecule has 0 unspecified atom stereocenters. The van der Waals surface area contributed by atoms with E-state index in [0.29, 0.717) is 0 Å². The Morgan fingerprint density at radius 1 is 1.24 bits per heavy atom. The first-order valence-electron chi connectivity index (χ1n) is 6.26. The first-order chi connectivity index (χ1) is 9.68. The highest BCUT2D eigenvalue weighted by molar-refractivity contribution is 6.01. The summed E-state index contributed by atoms with van der Waals surface area (Å²) in [7, 11) is 0. The molecule has 0 aliphatic carbocycles. The zero-order chi connectivity index (χ0) is 16.0. The molecule has 0 spiro atoms. The molecule has 0 aliphatic rings. The van der Waals surface area contributed by atoms with E-state index in [-0.39, 0.29) is 18.5 Å². The number of hydrogen-bond donors (Lipinski definition) is 3. The van der Waals surface area contributed by atoms with E-state index in [0.717, 1.165) is 6.07 Å². The number of aliphatic carboxylic acids is 1. The van der Waals surface area contributed by atoms with Gasteiger partial charge in [0.25, 0.3) is 0 Å². The minimum Gasteiger partial charge on any atom is -0.481 e. The number of imide groups is 1. The van der Waals surface area contributed by atoms with Crippen LogP contribution in [-0.4, -0.2) is 23.0 Å². The molecule has 1 aromatic rings. The van der Waals surface area contributed by atoms with Crippen LogP contribution in [-0.2, 0) is 9.59 Å². The Balaban J connectivity index is 2.51. The van der Waals surface area contributed by atoms with Crippen molar-refractivity contribution in [3.05, 3.63) is 30.1 Å². The van der Waals surface area contributed by atoms with Gasteiger partial charge in [0.15, 0.2) is 0 Å². The smallest absolute Gasteiger partial charge is 0.325 e. The van der Waals surface area contributed by atoms with E-state index in [1.165, 1.54) is 18.2 Å². The average Bonchev–Trinajstić information content (AvgIpc) is 2.24. The molecular weight excluding hydrogens is 279 g/mol. The van der Waals surface area contributed by atoms with E-state index in [1.54, 1.807) is 13.8 Å². The maximum atomic E-state index is 12.9. The third-order valence-electron chi connectivity index (χ3n) is 2.60. The quantitative estimate of drug-likeness (QED) is 0.777. The van der Waals surface area contributed by atoms with Gasteiger partial charge >= 0.3 is 12.0 Å². The molecule has 3 N–H and O–H groups in total. The minimum atomic E-state index is -1.02. The minimum absolute atomic E-state index is 0.115. The number of amides is 3. The third kappa shape index (κ3) is 6.51. The summed E-state index contributed by atoms with van der Waals surface area (Å²) in [4.78, 5) is 33.9. The normalized spacial score (nSPS) is 10.8. The van der Waals surface area contributed by atoms with E-state index < -0.39 is 29.1 Å². The molecule has 1 rings (SSSR count). The van der Waals surface area contributed by atoms with Crippen molar-refractivity contribution >= 4 is 23.6 Å². The van der Waals surface area contributed by atoms with Crippen molar-refractivity contribution in [1.82, 2.24) is 5.32 Å². The molecule has 0 atom stereocenters. The summed E-state index contributed by atoms with van der Waals surface area (Å²) in [5.41, 5.74) is -0.556. The van der Waals surface area contributed by atoms with Crippen molar-refractivity contribution in [3.8, 4) is 0 Å². The number of nitrogens with one attached hydrogen (secondary N) is 2. The van der Waals surface area contributed by atoms with E-state index in [2.05, 4.69) is 10.6 Å². The Kier molecular flexibility index (Phi) is 5.40. The molecule has 0 fully saturated rings. The van der Waals surface area contributed by atoms with Gasteiger partial charge in [-0.05, 0) is 23.6 Å². The molecule has 7 heteroatoms. The lowest BCUT2D eigenvalue weighted by Gasteiger charge is -2.21. The van der Waals surface area contributed by atoms with E-state index in [4.69, 9.17) is 5.11 Å². The predicted octanol–water partition coefficient (Wildman–Crippen LogP) is 2.36. The zero-order valence-electron chi connectivity index (χ0n) is 11.8. The number of halogens is 1. The number of carbonyl (C=O) groups excluding carboxylic acids is 2. The summed E-state index contributed by atoms with van der Waals surface area (Å²) < 4.78 is 12.9. The van der Waals surface area contributed by atoms with Crippen LogP contribution in [0, 0.1) is 11.2 Å². The summed E-state index contributed by atoms with van der Waals surface area (Å²) in [6.07, 6.45) is -0.304. The highest BCUT2D eigenvalue weighted by atomic mass is 19.1. The highest BCUT2D eigenvalue weighted by Gasteiger charge is 2.25. The standard InChI is InChI=1S/C14H17FN2O4/c1-14(2,8-12(19)20)7-11(18)17-13(21)16-10-5-3-4-9(15)6-10/h3-6H,7-8H2,1-2H3,(H,19,20)(H2,16,17,18,21). The van der Waals surface area contributed by atoms with Crippen molar-refractivity contribution in [2.45, 2.75) is 26.7 Å². The van der Waals surface area contributed by atoms with Crippen LogP contribution in [0.15, 0.2) is 24.3 Å². The van der Waals surface area contributed by atoms with Gasteiger partial charge in [0.2, 0.25) is 5.91 Å². The monoisotopic (exact) mass is 296 g/mol. The van der Waals surface area contributed by atoms with Gasteiger partial charge in [-0.2, -0.15) is 0 Å². The van der Waals surface area contributed by atoms with Crippen molar-refractivity contribution < 1.29 is 23.9 Å². The van der Waals surface area contributed by atoms with Gasteiger partial charge in [-0.15, -0.1) is 0 Å². The predicted molar refractivity (Wildman–Crippen MR) is 74.2 cm³/mol. The number of carboxylic acid groups (broad SMARTS) is 1. The second-order valence-electron chi connectivity index (χ2n) is 5.42. The van der Waals surface area contributed by atoms with Crippen LogP contribution < -0.4 is 10.6 Å². The molecule has 21 heavy (non-hydrogen) atoms. The van der Waals surface area contributed by atoms with Crippen LogP contribution in [0.5, 0.6) is 0 Å². The number of rotatable bonds is 5. The molecule has 1 aromatic carbocycles. The fraction of sp³-hybridized carbons (Fsp3) is 0.357. The number of anilines is 1. The summed E-state index contributed by atoms with van der Waals surface area (Å²) in [5.74, 6) is -2.13. The number of carbonyl (C=O) groups is 3. The SMILES string of the molecule is CC(C)(CC(=O)O)CC(=O)NC(=O)Nc1cccc(F)c1. The van der Waals surface area contributed by atoms with E-state index >= 15 is 0 Å². The summed E-state index contributed by atoms with van der Waals surface area (Å²) >= 11 is 0. The Morgan fingerprint density at radius 3 is 2.48 bits per heavy atom. The molecular formula is C14H17FN2O4. The summed E-state index contributed by atoms with van der Waals surface area (Å²) in [5, 5.41) is 13.1. The Labute approximate surface area is 121 Å². The molecule has 0 bridgehead atoms. The molecule has 3 amide bonds. The first-order valence-corrected chi connectivity index (χ1v) is 6.26. The highest BCUT2D eigenvalue weighted by Crippen LogP contribution is 2.24. The van der Waals surface area contributed by atoms with Gasteiger partial charge in [-0.3, -0.25) is 14.9 Å². The van der Waals surface area contributed by atoms with E-state index in [9.17, 15) is 18.8 Å². The van der Waals surface area contributed by atoms with Crippen LogP contribution in [0.2, 0.25) is 0 Å². The number of urea groups is 1. The first kappa shape index (κ1) is 16.6. The van der Waals surface area contributed by atoms with Crippen LogP contribution in [0.25, 0.3) is 0 Å². The molecule has 0 saturated heterocycles. The van der Waals surface area contributed by atoms with Crippen LogP contribution in [0.3, 0.4) is 0 Å². The van der Waals surface area contributed by atoms with Gasteiger partial charge in [0.05, 0.1) is 6.42 Å². The van der Waals surface area contributed by atoms with Crippen LogP contribution in [0.1, 0.15) is 26.7 Å². The van der Waals surface area contributed by atoms with E-state index in [1.807, 2.05) is 0 Å². The fourth-order valence-electron chi connectivity index (χ4n) is 1.81. The number of hydrogen-bond acceptors (Lipinski definition) is 3. The second kappa shape index (κ2) is 6.83. The number of carboxylic acids is 1. The molecule has 0 aliphatic heterocycles. The lowest BCUT2D eigenvalue weighted by atomic mass is 9.85. The van der Waals surface area contributed by atoms with Gasteiger partial charge < -0.3 is 10.4 Å². The molecule has 114 valence electrons. The molecule has 0 saturated carbocycles. The van der Waals surface area contributed by atoms with Crippen molar-refractivity contribution in [2.24, 2.45) is 5.41 Å². The zero-order valence-corrected chi connectivity index (χ0v) is 11.8. The molecule has 6 nitrogen and oxygen atoms in total. The largest absolute Gasteiger partial charge is 0.481 e. The average molecular weight is 296 g/mol. The van der Waals surface area contributed by atoms with Crippen molar-refractivity contribution in [2.75, 3.05) is 5.32 Å². The second-order valence-corrected chi connectivity index (χ2v) is 5.42. The Morgan fingerprint density at radius 2 is 1.90 bits per heavy atom. The Hall–Kier alpha value is -2.44. The lowest BCUT2D eigenvalue weighted by Crippen LogP contribution is -2.37. The van der Waals surface area contributed by atoms with Gasteiger partial charge in [-0.25, -0.2) is 9.18 Å². The van der Waals surface area contributed by atoms with Crippen molar-refractivity contribution in [3.63, 3.8) is 0 Å². The molecule has 0 radical (unpaired) electrons. The maximum Gasteiger partial charge on any atom is 0.325 e. The van der Waals surface area contributed by atoms with Gasteiger partial charge in [-0.1, -0.05) is 19.9 Å². The number of benzene rings is 1. The summed E-state index contributed by atoms with van der Waals surface area (Å²) in [6.45, 7) is 3.23. The molecule has 0 aromatic heterocycles. The topological polar surface area (TPSA) is 95.5 Å². The van der Waals surface area contributed by atoms with Gasteiger partial charge in [0, 0.05) is 12.1 Å². The summed E-state index contributed by atoms with van der Waals surface area (Å²) in [6, 6.07) is 4.43. The Bertz CT molecular complexity index is 558. The van der Waals surface area contributed by atoms with Crippen molar-refractivity contribution in [1.29, 1.82) is 0 Å². The van der Waals surface area contributed by atoms with Gasteiger partial charge in [0.1, 0.15) is 5.82 Å². The molecule has 0 heterocycles.